The molecule has 0 saturated heterocycles. The molecule has 33 heteroatoms. The molecule has 6 aromatic rings. The van der Waals surface area contributed by atoms with Gasteiger partial charge in [0.25, 0.3) is 23.6 Å². The van der Waals surface area contributed by atoms with Crippen LogP contribution in [0.1, 0.15) is 81.5 Å². The van der Waals surface area contributed by atoms with Gasteiger partial charge in [-0.3, -0.25) is 38.5 Å². The number of alkyl halides is 2. The van der Waals surface area contributed by atoms with E-state index in [1.165, 1.54) is 36.2 Å². The van der Waals surface area contributed by atoms with Crippen LogP contribution < -0.4 is 29.7 Å². The molecule has 5 atom stereocenters. The second-order valence-corrected chi connectivity index (χ2v) is 30.3. The molecular formula is C78H96Cl2N7O22PS. The first-order valence-electron chi connectivity index (χ1n) is 36.6. The minimum absolute atomic E-state index is 0.00936. The second kappa shape index (κ2) is 43.0. The van der Waals surface area contributed by atoms with Gasteiger partial charge in [-0.05, 0) is 57.6 Å². The molecule has 3 aliphatic rings. The summed E-state index contributed by atoms with van der Waals surface area (Å²) in [6.45, 7) is 10.9. The summed E-state index contributed by atoms with van der Waals surface area (Å²) >= 11 is 14.2. The summed E-state index contributed by atoms with van der Waals surface area (Å²) in [7, 11) is -1.04. The van der Waals surface area contributed by atoms with Crippen molar-refractivity contribution in [2.75, 3.05) is 186 Å². The molecule has 9 rings (SSSR count). The van der Waals surface area contributed by atoms with E-state index in [4.69, 9.17) is 75.1 Å². The van der Waals surface area contributed by atoms with Gasteiger partial charge in [-0.2, -0.15) is 0 Å². The molecule has 0 fully saturated rings. The van der Waals surface area contributed by atoms with Crippen molar-refractivity contribution in [1.82, 2.24) is 20.0 Å². The number of anilines is 3. The first-order valence-corrected chi connectivity index (χ1v) is 40.5. The zero-order valence-electron chi connectivity index (χ0n) is 63.0. The Morgan fingerprint density at radius 3 is 1.53 bits per heavy atom. The molecule has 0 radical (unpaired) electrons. The number of ketones is 1. The SMILES string of the molecule is COCCN(CCN(CCOC)C(=O)Oc1cc2c(c3ccccc13)C(CCl)CN2C(=O)c1ccc(C(=O)N2CC(CCl)c3c2cc(OP(C)(=O)O)c2ccccc32)s1)C(=O)OCc1ccc(NC(=O)C(C)CC(=O)C(NC(=O)CCOCCOCCOCCOCCOCCOCCN2C(=O)C=CC2=O)C(C)C)cc1. The summed E-state index contributed by atoms with van der Waals surface area (Å²) in [5, 5.41) is 8.25. The second-order valence-electron chi connectivity index (χ2n) is 26.8. The number of rotatable bonds is 46. The number of halogens is 2. The van der Waals surface area contributed by atoms with Gasteiger partial charge in [-0.15, -0.1) is 34.5 Å². The highest BCUT2D eigenvalue weighted by Gasteiger charge is 2.40. The highest BCUT2D eigenvalue weighted by Crippen LogP contribution is 2.51. The molecule has 1 aromatic heterocycles. The van der Waals surface area contributed by atoms with Gasteiger partial charge in [0.1, 0.15) is 18.1 Å². The maximum Gasteiger partial charge on any atom is 0.415 e. The molecule has 0 spiro atoms. The lowest BCUT2D eigenvalue weighted by atomic mass is 9.92. The molecule has 4 heterocycles. The van der Waals surface area contributed by atoms with Gasteiger partial charge >= 0.3 is 19.8 Å². The number of methoxy groups -OCH3 is 2. The third kappa shape index (κ3) is 24.3. The van der Waals surface area contributed by atoms with Crippen molar-refractivity contribution >= 4 is 134 Å². The molecule has 29 nitrogen and oxygen atoms in total. The summed E-state index contributed by atoms with van der Waals surface area (Å²) < 4.78 is 73.9. The van der Waals surface area contributed by atoms with Crippen molar-refractivity contribution in [1.29, 1.82) is 0 Å². The standard InChI is InChI=1S/C78H96Cl2N7O22PS/c1-51(2)73(82-68(89)23-29-101-33-35-103-37-39-105-41-42-106-40-38-104-36-34-102-32-28-85-69(90)21-22-70(85)91)63(88)43-52(3)74(92)81-56-17-15-53(16-18-56)50-107-77(95)83(26-30-99-4)24-25-84(27-31-100-5)78(96)108-64-44-61-71(59-13-9-7-11-57(59)64)54(46-79)48-86(61)75(93)66-19-20-67(111-66)76(94)87-49-55(47-80)72-60-14-10-8-12-58(60)65(45-62(72)87)109-110(6,97)98/h7-22,44-45,51-52,54-55,73H,23-43,46-50H2,1-6H3,(H,81,92)(H,82,89)(H,97,98). The van der Waals surface area contributed by atoms with Crippen molar-refractivity contribution < 1.29 is 105 Å². The first kappa shape index (κ1) is 86.5. The van der Waals surface area contributed by atoms with E-state index < -0.39 is 49.5 Å². The summed E-state index contributed by atoms with van der Waals surface area (Å²) in [6, 6.07) is 26.8. The van der Waals surface area contributed by atoms with Gasteiger partial charge in [0, 0.05) is 143 Å². The number of hydrogen-bond acceptors (Lipinski definition) is 22. The molecule has 0 bridgehead atoms. The van der Waals surface area contributed by atoms with Crippen LogP contribution in [-0.2, 0) is 77.8 Å². The highest BCUT2D eigenvalue weighted by molar-refractivity contribution is 7.52. The molecule has 111 heavy (non-hydrogen) atoms. The number of carbonyl (C=O) groups excluding carboxylic acids is 9. The van der Waals surface area contributed by atoms with Crippen molar-refractivity contribution in [3.8, 4) is 11.5 Å². The molecule has 3 N–H and O–H groups in total. The Bertz CT molecular complexity index is 4280. The molecule has 600 valence electrons. The molecule has 3 aliphatic heterocycles. The van der Waals surface area contributed by atoms with E-state index in [2.05, 4.69) is 10.6 Å². The number of nitrogens with one attached hydrogen (secondary N) is 2. The van der Waals surface area contributed by atoms with E-state index >= 15 is 0 Å². The normalized spacial score (nSPS) is 15.6. The monoisotopic (exact) mass is 1620 g/mol. The number of ether oxygens (including phenoxy) is 10. The first-order chi connectivity index (χ1) is 53.5. The van der Waals surface area contributed by atoms with Gasteiger partial charge < -0.3 is 87.0 Å². The van der Waals surface area contributed by atoms with E-state index in [-0.39, 0.29) is 179 Å². The number of hydrogen-bond donors (Lipinski definition) is 3. The average molecular weight is 1620 g/mol. The van der Waals surface area contributed by atoms with Crippen LogP contribution >= 0.6 is 42.1 Å². The quantitative estimate of drug-likeness (QED) is 0.0138. The number of carbonyl (C=O) groups is 9. The van der Waals surface area contributed by atoms with E-state index in [1.807, 2.05) is 44.2 Å². The summed E-state index contributed by atoms with van der Waals surface area (Å²) in [4.78, 5) is 139. The van der Waals surface area contributed by atoms with Crippen LogP contribution in [0.4, 0.5) is 26.7 Å². The number of imide groups is 1. The average Bonchev–Trinajstić information content (AvgIpc) is 1.61. The lowest BCUT2D eigenvalue weighted by Gasteiger charge is -2.27. The zero-order chi connectivity index (χ0) is 79.6. The van der Waals surface area contributed by atoms with Gasteiger partial charge in [-0.1, -0.05) is 81.4 Å². The van der Waals surface area contributed by atoms with Crippen LogP contribution in [0, 0.1) is 11.8 Å². The highest BCUT2D eigenvalue weighted by atomic mass is 35.5. The maximum absolute atomic E-state index is 14.9. The van der Waals surface area contributed by atoms with Crippen LogP contribution in [0.3, 0.4) is 0 Å². The Hall–Kier alpha value is -8.46. The minimum Gasteiger partial charge on any atom is -0.445 e. The fraction of sp³-hybridized carbons (Fsp3) is 0.474. The Morgan fingerprint density at radius 2 is 1.05 bits per heavy atom. The van der Waals surface area contributed by atoms with Crippen LogP contribution in [0.15, 0.2) is 109 Å². The smallest absolute Gasteiger partial charge is 0.415 e. The number of thiophene rings is 1. The van der Waals surface area contributed by atoms with Gasteiger partial charge in [0.05, 0.1) is 126 Å². The number of amides is 8. The predicted octanol–water partition coefficient (Wildman–Crippen LogP) is 10.0. The summed E-state index contributed by atoms with van der Waals surface area (Å²) in [5.74, 6) is -3.58. The number of nitrogens with zero attached hydrogens (tertiary/aromatic N) is 5. The Labute approximate surface area is 658 Å². The van der Waals surface area contributed by atoms with Crippen LogP contribution in [0.2, 0.25) is 0 Å². The number of fused-ring (bicyclic) bond motifs is 6. The van der Waals surface area contributed by atoms with Crippen LogP contribution in [0.25, 0.3) is 21.5 Å². The molecule has 8 amide bonds. The molecule has 0 saturated carbocycles. The third-order valence-electron chi connectivity index (χ3n) is 18.5. The topological polar surface area (TPSA) is 333 Å². The van der Waals surface area contributed by atoms with Crippen molar-refractivity contribution in [2.24, 2.45) is 11.8 Å². The third-order valence-corrected chi connectivity index (χ3v) is 20.8. The van der Waals surface area contributed by atoms with Crippen LogP contribution in [-0.4, -0.2) is 250 Å². The number of benzene rings is 5. The molecule has 5 aromatic carbocycles. The number of Topliss-reactive ketones (excluding diaryl/α,β-unsaturated/α-hetero) is 1. The molecule has 0 aliphatic carbocycles. The zero-order valence-corrected chi connectivity index (χ0v) is 66.3. The fourth-order valence-electron chi connectivity index (χ4n) is 12.8. The predicted molar refractivity (Wildman–Crippen MR) is 418 cm³/mol. The van der Waals surface area contributed by atoms with Crippen molar-refractivity contribution in [3.63, 3.8) is 0 Å². The summed E-state index contributed by atoms with van der Waals surface area (Å²) in [6.07, 6.45) is 0.875. The Kier molecular flexibility index (Phi) is 33.5. The van der Waals surface area contributed by atoms with Crippen LogP contribution in [0.5, 0.6) is 11.5 Å². The Balaban J connectivity index is 0.702. The van der Waals surface area contributed by atoms with Crippen molar-refractivity contribution in [2.45, 2.75) is 58.1 Å². The lowest BCUT2D eigenvalue weighted by molar-refractivity contribution is -0.137. The van der Waals surface area contributed by atoms with Gasteiger partial charge in [-0.25, -0.2) is 14.2 Å². The van der Waals surface area contributed by atoms with E-state index in [9.17, 15) is 52.6 Å². The fourth-order valence-corrected chi connectivity index (χ4v) is 14.7. The minimum atomic E-state index is -4.02. The van der Waals surface area contributed by atoms with Gasteiger partial charge in [0.2, 0.25) is 11.8 Å². The largest absolute Gasteiger partial charge is 0.445 e. The molecular weight excluding hydrogens is 1520 g/mol. The summed E-state index contributed by atoms with van der Waals surface area (Å²) in [5.41, 5.74) is 3.55. The Morgan fingerprint density at radius 1 is 0.595 bits per heavy atom. The molecule has 5 unspecified atom stereocenters. The van der Waals surface area contributed by atoms with E-state index in [0.29, 0.717) is 91.6 Å². The maximum atomic E-state index is 14.9. The van der Waals surface area contributed by atoms with Gasteiger partial charge in [0.15, 0.2) is 5.78 Å². The van der Waals surface area contributed by atoms with E-state index in [1.54, 1.807) is 83.5 Å². The lowest BCUT2D eigenvalue weighted by Crippen LogP contribution is -2.45. The van der Waals surface area contributed by atoms with E-state index in [0.717, 1.165) is 39.4 Å². The van der Waals surface area contributed by atoms with Crippen molar-refractivity contribution in [3.05, 3.63) is 136 Å².